The van der Waals surface area contributed by atoms with Crippen LogP contribution in [-0.4, -0.2) is 36.5 Å². The molecule has 0 spiro atoms. The fraction of sp³-hybridized carbons (Fsp3) is 0.412. The molecule has 1 aromatic carbocycles. The fourth-order valence-corrected chi connectivity index (χ4v) is 3.05. The van der Waals surface area contributed by atoms with Crippen molar-refractivity contribution in [3.8, 4) is 0 Å². The van der Waals surface area contributed by atoms with E-state index in [4.69, 9.17) is 4.74 Å². The lowest BCUT2D eigenvalue weighted by atomic mass is 9.98. The predicted octanol–water partition coefficient (Wildman–Crippen LogP) is 3.02. The maximum Gasteiger partial charge on any atom is 0.417 e. The van der Waals surface area contributed by atoms with Crippen molar-refractivity contribution in [1.82, 2.24) is 4.90 Å². The first kappa shape index (κ1) is 17.6. The standard InChI is InChI=1S/C17H15F4NO3/c18-11-1-2-12(14(7-11)17(19,20)21)13-8-15(23)22(16(13)24)9-10-3-5-25-6-4-10/h1-2,7-8,10H,3-6,9H2. The molecule has 2 amide bonds. The number of hydrogen-bond acceptors (Lipinski definition) is 3. The van der Waals surface area contributed by atoms with E-state index in [-0.39, 0.29) is 18.0 Å². The SMILES string of the molecule is O=C1C=C(c2ccc(F)cc2C(F)(F)F)C(=O)N1CC1CCOCC1. The summed E-state index contributed by atoms with van der Waals surface area (Å²) in [6, 6.07) is 2.05. The summed E-state index contributed by atoms with van der Waals surface area (Å²) in [4.78, 5) is 25.6. The molecule has 0 atom stereocenters. The smallest absolute Gasteiger partial charge is 0.381 e. The van der Waals surface area contributed by atoms with Gasteiger partial charge < -0.3 is 4.74 Å². The Bertz CT molecular complexity index is 736. The third kappa shape index (κ3) is 3.58. The Labute approximate surface area is 141 Å². The van der Waals surface area contributed by atoms with Gasteiger partial charge in [-0.2, -0.15) is 13.2 Å². The summed E-state index contributed by atoms with van der Waals surface area (Å²) in [5, 5.41) is 0. The van der Waals surface area contributed by atoms with Crippen LogP contribution in [0.4, 0.5) is 17.6 Å². The van der Waals surface area contributed by atoms with Gasteiger partial charge in [-0.3, -0.25) is 14.5 Å². The second-order valence-electron chi connectivity index (χ2n) is 6.06. The van der Waals surface area contributed by atoms with Crippen LogP contribution in [0.5, 0.6) is 0 Å². The van der Waals surface area contributed by atoms with Crippen LogP contribution in [0.3, 0.4) is 0 Å². The maximum atomic E-state index is 13.2. The van der Waals surface area contributed by atoms with Crippen LogP contribution in [0, 0.1) is 11.7 Å². The molecule has 25 heavy (non-hydrogen) atoms. The van der Waals surface area contributed by atoms with Crippen molar-refractivity contribution in [3.63, 3.8) is 0 Å². The van der Waals surface area contributed by atoms with Gasteiger partial charge in [-0.15, -0.1) is 0 Å². The molecule has 1 aromatic rings. The van der Waals surface area contributed by atoms with E-state index in [9.17, 15) is 27.2 Å². The summed E-state index contributed by atoms with van der Waals surface area (Å²) in [6.07, 6.45) is -2.59. The number of alkyl halides is 3. The van der Waals surface area contributed by atoms with Gasteiger partial charge in [0.15, 0.2) is 0 Å². The Kier molecular flexibility index (Phi) is 4.64. The molecule has 134 valence electrons. The van der Waals surface area contributed by atoms with Gasteiger partial charge >= 0.3 is 6.18 Å². The minimum absolute atomic E-state index is 0.0599. The van der Waals surface area contributed by atoms with Gasteiger partial charge in [0.05, 0.1) is 11.1 Å². The van der Waals surface area contributed by atoms with Gasteiger partial charge in [0, 0.05) is 25.8 Å². The largest absolute Gasteiger partial charge is 0.417 e. The zero-order chi connectivity index (χ0) is 18.2. The topological polar surface area (TPSA) is 46.6 Å². The minimum atomic E-state index is -4.84. The van der Waals surface area contributed by atoms with Crippen molar-refractivity contribution < 1.29 is 31.9 Å². The molecule has 1 saturated heterocycles. The molecule has 0 bridgehead atoms. The number of carbonyl (C=O) groups excluding carboxylic acids is 2. The van der Waals surface area contributed by atoms with E-state index in [1.807, 2.05) is 0 Å². The third-order valence-electron chi connectivity index (χ3n) is 4.37. The van der Waals surface area contributed by atoms with Gasteiger partial charge in [0.1, 0.15) is 5.82 Å². The summed E-state index contributed by atoms with van der Waals surface area (Å²) in [7, 11) is 0. The zero-order valence-electron chi connectivity index (χ0n) is 13.1. The fourth-order valence-electron chi connectivity index (χ4n) is 3.05. The molecule has 2 aliphatic rings. The van der Waals surface area contributed by atoms with Crippen molar-refractivity contribution in [2.45, 2.75) is 19.0 Å². The monoisotopic (exact) mass is 357 g/mol. The number of nitrogens with zero attached hydrogens (tertiary/aromatic N) is 1. The molecule has 8 heteroatoms. The van der Waals surface area contributed by atoms with E-state index in [0.29, 0.717) is 32.1 Å². The average Bonchev–Trinajstić information content (AvgIpc) is 2.83. The lowest BCUT2D eigenvalue weighted by Crippen LogP contribution is -2.37. The van der Waals surface area contributed by atoms with Gasteiger partial charge in [0.2, 0.25) is 0 Å². The van der Waals surface area contributed by atoms with Crippen molar-refractivity contribution >= 4 is 17.4 Å². The number of amides is 2. The normalized spacial score (nSPS) is 19.5. The molecule has 4 nitrogen and oxygen atoms in total. The van der Waals surface area contributed by atoms with Gasteiger partial charge in [0.25, 0.3) is 11.8 Å². The van der Waals surface area contributed by atoms with Crippen molar-refractivity contribution in [2.24, 2.45) is 5.92 Å². The molecule has 0 aromatic heterocycles. The van der Waals surface area contributed by atoms with E-state index >= 15 is 0 Å². The molecule has 3 rings (SSSR count). The molecule has 0 saturated carbocycles. The highest BCUT2D eigenvalue weighted by molar-refractivity contribution is 6.33. The third-order valence-corrected chi connectivity index (χ3v) is 4.37. The first-order valence-electron chi connectivity index (χ1n) is 7.80. The van der Waals surface area contributed by atoms with Crippen LogP contribution < -0.4 is 0 Å². The van der Waals surface area contributed by atoms with Crippen LogP contribution in [0.15, 0.2) is 24.3 Å². The second kappa shape index (κ2) is 6.59. The number of ether oxygens (including phenoxy) is 1. The number of benzene rings is 1. The van der Waals surface area contributed by atoms with Crippen molar-refractivity contribution in [1.29, 1.82) is 0 Å². The maximum absolute atomic E-state index is 13.2. The van der Waals surface area contributed by atoms with E-state index in [2.05, 4.69) is 0 Å². The second-order valence-corrected chi connectivity index (χ2v) is 6.06. The average molecular weight is 357 g/mol. The lowest BCUT2D eigenvalue weighted by Gasteiger charge is -2.26. The Morgan fingerprint density at radius 1 is 1.16 bits per heavy atom. The summed E-state index contributed by atoms with van der Waals surface area (Å²) >= 11 is 0. The summed E-state index contributed by atoms with van der Waals surface area (Å²) in [5.41, 5.74) is -2.11. The highest BCUT2D eigenvalue weighted by Gasteiger charge is 2.40. The van der Waals surface area contributed by atoms with E-state index in [0.717, 1.165) is 23.1 Å². The Morgan fingerprint density at radius 3 is 2.48 bits per heavy atom. The molecule has 0 unspecified atom stereocenters. The highest BCUT2D eigenvalue weighted by Crippen LogP contribution is 2.37. The first-order chi connectivity index (χ1) is 11.8. The van der Waals surface area contributed by atoms with Gasteiger partial charge in [-0.25, -0.2) is 4.39 Å². The number of rotatable bonds is 3. The van der Waals surface area contributed by atoms with Gasteiger partial charge in [-0.1, -0.05) is 6.07 Å². The van der Waals surface area contributed by atoms with Crippen LogP contribution in [0.2, 0.25) is 0 Å². The van der Waals surface area contributed by atoms with Crippen molar-refractivity contribution in [3.05, 3.63) is 41.2 Å². The quantitative estimate of drug-likeness (QED) is 0.617. The summed E-state index contributed by atoms with van der Waals surface area (Å²) < 4.78 is 57.9. The highest BCUT2D eigenvalue weighted by atomic mass is 19.4. The van der Waals surface area contributed by atoms with Gasteiger partial charge in [-0.05, 0) is 36.5 Å². The Hall–Kier alpha value is -2.22. The number of halogens is 4. The van der Waals surface area contributed by atoms with Crippen molar-refractivity contribution in [2.75, 3.05) is 19.8 Å². The first-order valence-corrected chi connectivity index (χ1v) is 7.80. The molecule has 2 aliphatic heterocycles. The molecular formula is C17H15F4NO3. The molecule has 0 N–H and O–H groups in total. The summed E-state index contributed by atoms with van der Waals surface area (Å²) in [6.45, 7) is 1.19. The molecule has 0 aliphatic carbocycles. The molecule has 0 radical (unpaired) electrons. The number of hydrogen-bond donors (Lipinski definition) is 0. The lowest BCUT2D eigenvalue weighted by molar-refractivity contribution is -0.138. The number of carbonyl (C=O) groups is 2. The number of imide groups is 1. The van der Waals surface area contributed by atoms with E-state index in [1.165, 1.54) is 0 Å². The summed E-state index contributed by atoms with van der Waals surface area (Å²) in [5.74, 6) is -2.44. The van der Waals surface area contributed by atoms with E-state index < -0.39 is 34.9 Å². The van der Waals surface area contributed by atoms with Crippen LogP contribution in [-0.2, 0) is 20.5 Å². The Morgan fingerprint density at radius 2 is 1.84 bits per heavy atom. The van der Waals surface area contributed by atoms with E-state index in [1.54, 1.807) is 0 Å². The van der Waals surface area contributed by atoms with Crippen LogP contribution >= 0.6 is 0 Å². The van der Waals surface area contributed by atoms with Crippen LogP contribution in [0.1, 0.15) is 24.0 Å². The predicted molar refractivity (Wildman–Crippen MR) is 79.6 cm³/mol. The molecule has 1 fully saturated rings. The molecular weight excluding hydrogens is 342 g/mol. The zero-order valence-corrected chi connectivity index (χ0v) is 13.1. The minimum Gasteiger partial charge on any atom is -0.381 e. The molecule has 2 heterocycles. The van der Waals surface area contributed by atoms with Crippen LogP contribution in [0.25, 0.3) is 5.57 Å². The Balaban J connectivity index is 1.88.